The van der Waals surface area contributed by atoms with Gasteiger partial charge < -0.3 is 19.5 Å². The van der Waals surface area contributed by atoms with Gasteiger partial charge in [-0.25, -0.2) is 24.1 Å². The number of methoxy groups -OCH3 is 1. The zero-order valence-electron chi connectivity index (χ0n) is 17.2. The summed E-state index contributed by atoms with van der Waals surface area (Å²) in [4.78, 5) is 27.0. The van der Waals surface area contributed by atoms with Crippen molar-refractivity contribution in [2.75, 3.05) is 18.6 Å². The molecule has 160 valence electrons. The van der Waals surface area contributed by atoms with Gasteiger partial charge in [-0.2, -0.15) is 0 Å². The summed E-state index contributed by atoms with van der Waals surface area (Å²) >= 11 is 0. The Morgan fingerprint density at radius 1 is 1.23 bits per heavy atom. The van der Waals surface area contributed by atoms with Gasteiger partial charge in [0.05, 0.1) is 24.9 Å². The molecule has 0 spiro atoms. The van der Waals surface area contributed by atoms with Crippen molar-refractivity contribution in [3.05, 3.63) is 71.3 Å². The van der Waals surface area contributed by atoms with Gasteiger partial charge in [0.15, 0.2) is 0 Å². The van der Waals surface area contributed by atoms with Crippen LogP contribution in [-0.4, -0.2) is 45.2 Å². The van der Waals surface area contributed by atoms with E-state index in [9.17, 15) is 9.18 Å². The van der Waals surface area contributed by atoms with Crippen molar-refractivity contribution in [3.8, 4) is 0 Å². The van der Waals surface area contributed by atoms with Crippen LogP contribution in [0.3, 0.4) is 0 Å². The second-order valence-electron chi connectivity index (χ2n) is 7.91. The van der Waals surface area contributed by atoms with E-state index in [1.807, 2.05) is 17.0 Å². The predicted octanol–water partition coefficient (Wildman–Crippen LogP) is 2.26. The van der Waals surface area contributed by atoms with Crippen LogP contribution < -0.4 is 10.2 Å². The fraction of sp³-hybridized carbons (Fsp3) is 0.364. The summed E-state index contributed by atoms with van der Waals surface area (Å²) < 4.78 is 19.9. The van der Waals surface area contributed by atoms with Crippen LogP contribution in [0.4, 0.5) is 10.3 Å². The Morgan fingerprint density at radius 2 is 2.00 bits per heavy atom. The molecule has 1 saturated carbocycles. The highest BCUT2D eigenvalue weighted by molar-refractivity contribution is 5.88. The Morgan fingerprint density at radius 3 is 2.74 bits per heavy atom. The molecule has 1 aliphatic carbocycles. The van der Waals surface area contributed by atoms with E-state index in [-0.39, 0.29) is 5.82 Å². The molecule has 9 heteroatoms. The Labute approximate surface area is 179 Å². The maximum Gasteiger partial charge on any atom is 0.341 e. The number of carbonyl (C=O) groups excluding carboxylic acids is 1. The average molecular weight is 422 g/mol. The first-order valence-corrected chi connectivity index (χ1v) is 10.3. The lowest BCUT2D eigenvalue weighted by molar-refractivity contribution is 0.0599. The number of hydrogen-bond acceptors (Lipinski definition) is 7. The smallest absolute Gasteiger partial charge is 0.341 e. The molecule has 0 bridgehead atoms. The number of imidazole rings is 1. The maximum atomic E-state index is 13.1. The van der Waals surface area contributed by atoms with E-state index in [1.165, 1.54) is 37.2 Å². The summed E-state index contributed by atoms with van der Waals surface area (Å²) in [5.74, 6) is 1.33. The molecular formula is C22H23FN6O2. The molecule has 1 fully saturated rings. The standard InChI is InChI=1S/C22H23FN6O2/c1-31-21(30)15-9-25-22(26-10-15)29-7-6-28-12-17(27-20(28)13-29)11-24-19-8-18(19)14-2-4-16(23)5-3-14/h2-5,9-10,12,18-19,24H,6-8,11,13H2,1H3. The number of nitrogens with zero attached hydrogens (tertiary/aromatic N) is 5. The minimum absolute atomic E-state index is 0.198. The van der Waals surface area contributed by atoms with Crippen LogP contribution in [0.2, 0.25) is 0 Å². The topological polar surface area (TPSA) is 85.2 Å². The van der Waals surface area contributed by atoms with Crippen molar-refractivity contribution in [2.45, 2.75) is 38.0 Å². The second kappa shape index (κ2) is 8.07. The van der Waals surface area contributed by atoms with Gasteiger partial charge in [0, 0.05) is 50.2 Å². The van der Waals surface area contributed by atoms with Crippen LogP contribution in [0.15, 0.2) is 42.9 Å². The Hall–Kier alpha value is -3.33. The molecule has 1 N–H and O–H groups in total. The number of halogens is 1. The highest BCUT2D eigenvalue weighted by atomic mass is 19.1. The molecule has 5 rings (SSSR count). The minimum atomic E-state index is -0.449. The van der Waals surface area contributed by atoms with Crippen molar-refractivity contribution in [3.63, 3.8) is 0 Å². The molecule has 1 aliphatic heterocycles. The van der Waals surface area contributed by atoms with Crippen LogP contribution >= 0.6 is 0 Å². The van der Waals surface area contributed by atoms with Crippen LogP contribution in [0.1, 0.15) is 39.8 Å². The van der Waals surface area contributed by atoms with Crippen LogP contribution in [0.25, 0.3) is 0 Å². The number of rotatable bonds is 6. The highest BCUT2D eigenvalue weighted by Crippen LogP contribution is 2.40. The molecular weight excluding hydrogens is 399 g/mol. The van der Waals surface area contributed by atoms with Crippen molar-refractivity contribution in [1.82, 2.24) is 24.8 Å². The summed E-state index contributed by atoms with van der Waals surface area (Å²) in [6, 6.07) is 7.18. The van der Waals surface area contributed by atoms with Gasteiger partial charge in [0.2, 0.25) is 5.95 Å². The molecule has 0 saturated heterocycles. The van der Waals surface area contributed by atoms with Gasteiger partial charge in [-0.15, -0.1) is 0 Å². The van der Waals surface area contributed by atoms with E-state index in [0.29, 0.717) is 36.6 Å². The number of benzene rings is 1. The molecule has 2 aromatic heterocycles. The van der Waals surface area contributed by atoms with Crippen molar-refractivity contribution in [2.24, 2.45) is 0 Å². The molecule has 2 unspecified atom stereocenters. The summed E-state index contributed by atoms with van der Waals surface area (Å²) in [6.07, 6.45) is 6.12. The first kappa shape index (κ1) is 19.6. The first-order valence-electron chi connectivity index (χ1n) is 10.3. The third-order valence-corrected chi connectivity index (χ3v) is 5.83. The predicted molar refractivity (Wildman–Crippen MR) is 111 cm³/mol. The molecule has 2 atom stereocenters. The van der Waals surface area contributed by atoms with E-state index in [2.05, 4.69) is 30.8 Å². The fourth-order valence-corrected chi connectivity index (χ4v) is 4.01. The van der Waals surface area contributed by atoms with Gasteiger partial charge in [-0.1, -0.05) is 12.1 Å². The van der Waals surface area contributed by atoms with Crippen molar-refractivity contribution < 1.29 is 13.9 Å². The maximum absolute atomic E-state index is 13.1. The molecule has 2 aliphatic rings. The third kappa shape index (κ3) is 4.13. The van der Waals surface area contributed by atoms with Crippen molar-refractivity contribution >= 4 is 11.9 Å². The van der Waals surface area contributed by atoms with E-state index < -0.39 is 5.97 Å². The molecule has 0 amide bonds. The quantitative estimate of drug-likeness (QED) is 0.610. The molecule has 3 aromatic rings. The lowest BCUT2D eigenvalue weighted by atomic mass is 10.1. The van der Waals surface area contributed by atoms with Gasteiger partial charge in [0.1, 0.15) is 11.6 Å². The van der Waals surface area contributed by atoms with Crippen LogP contribution in [0.5, 0.6) is 0 Å². The summed E-state index contributed by atoms with van der Waals surface area (Å²) in [5, 5.41) is 3.56. The number of hydrogen-bond donors (Lipinski definition) is 1. The molecule has 0 radical (unpaired) electrons. The number of nitrogens with one attached hydrogen (secondary N) is 1. The molecule has 1 aromatic carbocycles. The highest BCUT2D eigenvalue weighted by Gasteiger charge is 2.37. The molecule has 8 nitrogen and oxygen atoms in total. The molecule has 31 heavy (non-hydrogen) atoms. The second-order valence-corrected chi connectivity index (χ2v) is 7.91. The summed E-state index contributed by atoms with van der Waals surface area (Å²) in [5.41, 5.74) is 2.51. The van der Waals surface area contributed by atoms with E-state index in [4.69, 9.17) is 4.98 Å². The van der Waals surface area contributed by atoms with E-state index in [1.54, 1.807) is 0 Å². The number of aromatic nitrogens is 4. The van der Waals surface area contributed by atoms with Crippen molar-refractivity contribution in [1.29, 1.82) is 0 Å². The average Bonchev–Trinajstić information content (AvgIpc) is 3.46. The SMILES string of the molecule is COC(=O)c1cnc(N2CCn3cc(CNC4CC4c4ccc(F)cc4)nc3C2)nc1. The lowest BCUT2D eigenvalue weighted by Gasteiger charge is -2.27. The number of anilines is 1. The largest absolute Gasteiger partial charge is 0.465 e. The van der Waals surface area contributed by atoms with Crippen LogP contribution in [0, 0.1) is 5.82 Å². The third-order valence-electron chi connectivity index (χ3n) is 5.83. The number of ether oxygens (including phenoxy) is 1. The monoisotopic (exact) mass is 422 g/mol. The summed E-state index contributed by atoms with van der Waals surface area (Å²) in [7, 11) is 1.33. The van der Waals surface area contributed by atoms with Gasteiger partial charge in [0.25, 0.3) is 0 Å². The fourth-order valence-electron chi connectivity index (χ4n) is 4.01. The number of esters is 1. The van der Waals surface area contributed by atoms with E-state index in [0.717, 1.165) is 31.0 Å². The van der Waals surface area contributed by atoms with Gasteiger partial charge in [-0.3, -0.25) is 0 Å². The van der Waals surface area contributed by atoms with Gasteiger partial charge in [-0.05, 0) is 24.1 Å². The molecule has 3 heterocycles. The van der Waals surface area contributed by atoms with Crippen LogP contribution in [-0.2, 0) is 24.4 Å². The Kier molecular flexibility index (Phi) is 5.11. The first-order chi connectivity index (χ1) is 15.1. The number of fused-ring (bicyclic) bond motifs is 1. The zero-order valence-corrected chi connectivity index (χ0v) is 17.2. The number of carbonyl (C=O) groups is 1. The van der Waals surface area contributed by atoms with Gasteiger partial charge >= 0.3 is 5.97 Å². The Bertz CT molecular complexity index is 1080. The summed E-state index contributed by atoms with van der Waals surface area (Å²) in [6.45, 7) is 2.88. The zero-order chi connectivity index (χ0) is 21.4. The Balaban J connectivity index is 1.18. The minimum Gasteiger partial charge on any atom is -0.465 e. The normalized spacial score (nSPS) is 19.7. The van der Waals surface area contributed by atoms with E-state index >= 15 is 0 Å². The lowest BCUT2D eigenvalue weighted by Crippen LogP contribution is -2.34.